The SMILES string of the molecule is Cc1ccc(C)c2c1c(CCCN)cn2CCN. The number of aryl methyl sites for hydroxylation is 3. The number of rotatable bonds is 5. The van der Waals surface area contributed by atoms with E-state index in [4.69, 9.17) is 11.5 Å². The maximum atomic E-state index is 5.71. The Morgan fingerprint density at radius 3 is 2.44 bits per heavy atom. The van der Waals surface area contributed by atoms with E-state index in [2.05, 4.69) is 36.7 Å². The Hall–Kier alpha value is -1.32. The van der Waals surface area contributed by atoms with E-state index in [1.165, 1.54) is 27.6 Å². The molecule has 3 nitrogen and oxygen atoms in total. The molecule has 18 heavy (non-hydrogen) atoms. The average molecular weight is 245 g/mol. The molecule has 1 aromatic heterocycles. The Bertz CT molecular complexity index is 540. The van der Waals surface area contributed by atoms with Crippen LogP contribution in [0.2, 0.25) is 0 Å². The summed E-state index contributed by atoms with van der Waals surface area (Å²) in [4.78, 5) is 0. The van der Waals surface area contributed by atoms with Crippen LogP contribution < -0.4 is 11.5 Å². The van der Waals surface area contributed by atoms with E-state index in [0.717, 1.165) is 25.9 Å². The van der Waals surface area contributed by atoms with Gasteiger partial charge < -0.3 is 16.0 Å². The number of aromatic nitrogens is 1. The van der Waals surface area contributed by atoms with Crippen molar-refractivity contribution in [1.29, 1.82) is 0 Å². The predicted molar refractivity (Wildman–Crippen MR) is 77.8 cm³/mol. The molecule has 0 radical (unpaired) electrons. The summed E-state index contributed by atoms with van der Waals surface area (Å²) in [6.45, 7) is 6.65. The summed E-state index contributed by atoms with van der Waals surface area (Å²) in [7, 11) is 0. The van der Waals surface area contributed by atoms with Crippen LogP contribution in [0.25, 0.3) is 10.9 Å². The molecule has 0 saturated heterocycles. The monoisotopic (exact) mass is 245 g/mol. The van der Waals surface area contributed by atoms with E-state index < -0.39 is 0 Å². The third kappa shape index (κ3) is 2.28. The second-order valence-electron chi connectivity index (χ2n) is 4.95. The van der Waals surface area contributed by atoms with Crippen molar-refractivity contribution < 1.29 is 0 Å². The van der Waals surface area contributed by atoms with Gasteiger partial charge in [-0.25, -0.2) is 0 Å². The zero-order valence-corrected chi connectivity index (χ0v) is 11.4. The maximum absolute atomic E-state index is 5.71. The van der Waals surface area contributed by atoms with Gasteiger partial charge in [-0.15, -0.1) is 0 Å². The molecule has 0 saturated carbocycles. The van der Waals surface area contributed by atoms with Gasteiger partial charge in [0.1, 0.15) is 0 Å². The Labute approximate surface area is 109 Å². The molecule has 3 heteroatoms. The Kier molecular flexibility index (Phi) is 4.04. The largest absolute Gasteiger partial charge is 0.346 e. The Balaban J connectivity index is 2.60. The van der Waals surface area contributed by atoms with Crippen molar-refractivity contribution in [2.75, 3.05) is 13.1 Å². The second kappa shape index (κ2) is 5.55. The summed E-state index contributed by atoms with van der Waals surface area (Å²) >= 11 is 0. The molecule has 2 aromatic rings. The number of nitrogens with two attached hydrogens (primary N) is 2. The predicted octanol–water partition coefficient (Wildman–Crippen LogP) is 2.11. The summed E-state index contributed by atoms with van der Waals surface area (Å²) in [5, 5.41) is 1.40. The summed E-state index contributed by atoms with van der Waals surface area (Å²) in [5.74, 6) is 0. The highest BCUT2D eigenvalue weighted by molar-refractivity contribution is 5.89. The minimum atomic E-state index is 0.674. The molecular weight excluding hydrogens is 222 g/mol. The van der Waals surface area contributed by atoms with E-state index in [0.29, 0.717) is 6.54 Å². The topological polar surface area (TPSA) is 57.0 Å². The molecule has 0 spiro atoms. The van der Waals surface area contributed by atoms with Crippen molar-refractivity contribution in [2.24, 2.45) is 11.5 Å². The van der Waals surface area contributed by atoms with Gasteiger partial charge in [-0.05, 0) is 49.9 Å². The van der Waals surface area contributed by atoms with E-state index >= 15 is 0 Å². The molecule has 0 amide bonds. The number of hydrogen-bond donors (Lipinski definition) is 2. The molecular formula is C15H23N3. The smallest absolute Gasteiger partial charge is 0.0515 e. The van der Waals surface area contributed by atoms with Gasteiger partial charge in [0, 0.05) is 24.7 Å². The third-order valence-corrected chi connectivity index (χ3v) is 3.53. The summed E-state index contributed by atoms with van der Waals surface area (Å²) in [6, 6.07) is 4.40. The first-order valence-corrected chi connectivity index (χ1v) is 6.67. The molecule has 2 rings (SSSR count). The van der Waals surface area contributed by atoms with Gasteiger partial charge in [0.15, 0.2) is 0 Å². The first-order chi connectivity index (χ1) is 8.69. The number of nitrogens with zero attached hydrogens (tertiary/aromatic N) is 1. The molecule has 4 N–H and O–H groups in total. The van der Waals surface area contributed by atoms with Crippen LogP contribution in [0.1, 0.15) is 23.1 Å². The quantitative estimate of drug-likeness (QED) is 0.847. The Morgan fingerprint density at radius 2 is 1.78 bits per heavy atom. The van der Waals surface area contributed by atoms with Gasteiger partial charge in [0.25, 0.3) is 0 Å². The molecule has 0 unspecified atom stereocenters. The molecule has 0 aliphatic heterocycles. The second-order valence-corrected chi connectivity index (χ2v) is 4.95. The van der Waals surface area contributed by atoms with Crippen molar-refractivity contribution in [3.8, 4) is 0 Å². The highest BCUT2D eigenvalue weighted by Gasteiger charge is 2.12. The van der Waals surface area contributed by atoms with Crippen LogP contribution in [-0.2, 0) is 13.0 Å². The van der Waals surface area contributed by atoms with Crippen LogP contribution in [0, 0.1) is 13.8 Å². The first kappa shape index (κ1) is 13.1. The van der Waals surface area contributed by atoms with Gasteiger partial charge in [0.2, 0.25) is 0 Å². The molecule has 0 atom stereocenters. The molecule has 0 bridgehead atoms. The number of hydrogen-bond acceptors (Lipinski definition) is 2. The van der Waals surface area contributed by atoms with Crippen LogP contribution in [0.3, 0.4) is 0 Å². The zero-order valence-electron chi connectivity index (χ0n) is 11.4. The van der Waals surface area contributed by atoms with E-state index in [1.807, 2.05) is 0 Å². The highest BCUT2D eigenvalue weighted by Crippen LogP contribution is 2.28. The van der Waals surface area contributed by atoms with Crippen molar-refractivity contribution in [2.45, 2.75) is 33.2 Å². The van der Waals surface area contributed by atoms with Gasteiger partial charge in [-0.1, -0.05) is 12.1 Å². The summed E-state index contributed by atoms with van der Waals surface area (Å²) in [6.07, 6.45) is 4.34. The fraction of sp³-hybridized carbons (Fsp3) is 0.467. The lowest BCUT2D eigenvalue weighted by Crippen LogP contribution is -2.09. The number of fused-ring (bicyclic) bond motifs is 1. The van der Waals surface area contributed by atoms with Crippen LogP contribution >= 0.6 is 0 Å². The molecule has 98 valence electrons. The van der Waals surface area contributed by atoms with Crippen molar-refractivity contribution in [3.63, 3.8) is 0 Å². The molecule has 1 heterocycles. The molecule has 1 aromatic carbocycles. The van der Waals surface area contributed by atoms with Gasteiger partial charge in [0.05, 0.1) is 5.52 Å². The lowest BCUT2D eigenvalue weighted by molar-refractivity contribution is 0.727. The molecule has 0 fully saturated rings. The number of benzene rings is 1. The first-order valence-electron chi connectivity index (χ1n) is 6.67. The van der Waals surface area contributed by atoms with E-state index in [1.54, 1.807) is 0 Å². The van der Waals surface area contributed by atoms with Crippen LogP contribution in [-0.4, -0.2) is 17.7 Å². The van der Waals surface area contributed by atoms with Gasteiger partial charge in [-0.2, -0.15) is 0 Å². The summed E-state index contributed by atoms with van der Waals surface area (Å²) in [5.41, 5.74) is 16.8. The third-order valence-electron chi connectivity index (χ3n) is 3.53. The standard InChI is InChI=1S/C15H23N3/c1-11-5-6-12(2)15-14(11)13(4-3-7-16)10-18(15)9-8-17/h5-6,10H,3-4,7-9,16-17H2,1-2H3. The van der Waals surface area contributed by atoms with Crippen molar-refractivity contribution in [1.82, 2.24) is 4.57 Å². The fourth-order valence-corrected chi connectivity index (χ4v) is 2.69. The van der Waals surface area contributed by atoms with Crippen LogP contribution in [0.5, 0.6) is 0 Å². The molecule has 0 aliphatic rings. The van der Waals surface area contributed by atoms with Crippen LogP contribution in [0.15, 0.2) is 18.3 Å². The van der Waals surface area contributed by atoms with E-state index in [9.17, 15) is 0 Å². The lowest BCUT2D eigenvalue weighted by Gasteiger charge is -2.07. The normalized spacial score (nSPS) is 11.3. The average Bonchev–Trinajstić information content (AvgIpc) is 2.72. The van der Waals surface area contributed by atoms with Crippen molar-refractivity contribution in [3.05, 3.63) is 35.0 Å². The highest BCUT2D eigenvalue weighted by atomic mass is 15.0. The molecule has 0 aliphatic carbocycles. The minimum Gasteiger partial charge on any atom is -0.346 e. The summed E-state index contributed by atoms with van der Waals surface area (Å²) < 4.78 is 2.30. The zero-order chi connectivity index (χ0) is 13.1. The van der Waals surface area contributed by atoms with Gasteiger partial charge in [-0.3, -0.25) is 0 Å². The van der Waals surface area contributed by atoms with Crippen molar-refractivity contribution >= 4 is 10.9 Å². The van der Waals surface area contributed by atoms with Gasteiger partial charge >= 0.3 is 0 Å². The maximum Gasteiger partial charge on any atom is 0.0515 e. The van der Waals surface area contributed by atoms with Crippen LogP contribution in [0.4, 0.5) is 0 Å². The van der Waals surface area contributed by atoms with E-state index in [-0.39, 0.29) is 0 Å². The fourth-order valence-electron chi connectivity index (χ4n) is 2.69. The lowest BCUT2D eigenvalue weighted by atomic mass is 10.0. The Morgan fingerprint density at radius 1 is 1.06 bits per heavy atom. The minimum absolute atomic E-state index is 0.674.